The molecule has 2 N–H and O–H groups in total. The number of carbonyl (C=O) groups excluding carboxylic acids is 1. The Kier molecular flexibility index (Phi) is 4.82. The molecular formula is C20H21N5O2. The van der Waals surface area contributed by atoms with E-state index in [1.54, 1.807) is 0 Å². The molecule has 0 radical (unpaired) electrons. The van der Waals surface area contributed by atoms with Gasteiger partial charge in [0.1, 0.15) is 11.4 Å². The molecule has 1 amide bonds. The van der Waals surface area contributed by atoms with Crippen LogP contribution in [0.4, 0.5) is 5.69 Å². The number of rotatable bonds is 5. The first kappa shape index (κ1) is 17.2. The Morgan fingerprint density at radius 2 is 2.11 bits per heavy atom. The van der Waals surface area contributed by atoms with Crippen molar-refractivity contribution in [2.24, 2.45) is 0 Å². The number of anilines is 1. The van der Waals surface area contributed by atoms with Crippen molar-refractivity contribution in [3.8, 4) is 5.75 Å². The molecule has 4 rings (SSSR count). The summed E-state index contributed by atoms with van der Waals surface area (Å²) in [5, 5.41) is 0.957. The summed E-state index contributed by atoms with van der Waals surface area (Å²) >= 11 is 0. The molecule has 0 bridgehead atoms. The molecule has 0 spiro atoms. The molecule has 0 atom stereocenters. The third kappa shape index (κ3) is 3.53. The van der Waals surface area contributed by atoms with Crippen molar-refractivity contribution in [3.05, 3.63) is 53.7 Å². The average Bonchev–Trinajstić information content (AvgIpc) is 2.71. The summed E-state index contributed by atoms with van der Waals surface area (Å²) in [5.74, 6) is 0.464. The van der Waals surface area contributed by atoms with Gasteiger partial charge in [-0.15, -0.1) is 0 Å². The van der Waals surface area contributed by atoms with Crippen molar-refractivity contribution in [3.63, 3.8) is 0 Å². The Bertz CT molecular complexity index is 975. The van der Waals surface area contributed by atoms with E-state index in [9.17, 15) is 4.79 Å². The highest BCUT2D eigenvalue weighted by Crippen LogP contribution is 2.34. The Labute approximate surface area is 157 Å². The lowest BCUT2D eigenvalue weighted by Crippen LogP contribution is -2.31. The van der Waals surface area contributed by atoms with Crippen LogP contribution in [0.25, 0.3) is 10.9 Å². The van der Waals surface area contributed by atoms with E-state index in [2.05, 4.69) is 20.8 Å². The van der Waals surface area contributed by atoms with Crippen LogP contribution in [0.5, 0.6) is 5.75 Å². The zero-order valence-electron chi connectivity index (χ0n) is 15.2. The van der Waals surface area contributed by atoms with Crippen molar-refractivity contribution in [1.29, 1.82) is 0 Å². The Morgan fingerprint density at radius 3 is 2.93 bits per heavy atom. The molecule has 1 aliphatic carbocycles. The van der Waals surface area contributed by atoms with Crippen molar-refractivity contribution in [2.75, 3.05) is 12.0 Å². The van der Waals surface area contributed by atoms with Gasteiger partial charge < -0.3 is 4.74 Å². The van der Waals surface area contributed by atoms with Crippen LogP contribution in [-0.2, 0) is 12.8 Å². The SMILES string of the molecule is CCOc1ccc2c(NNC(=O)c3cnccn3)c3c(nc2c1)CCCC3. The highest BCUT2D eigenvalue weighted by Gasteiger charge is 2.19. The number of hydrazine groups is 1. The molecule has 3 aromatic rings. The van der Waals surface area contributed by atoms with Gasteiger partial charge in [-0.3, -0.25) is 25.6 Å². The highest BCUT2D eigenvalue weighted by molar-refractivity contribution is 5.97. The number of hydrogen-bond donors (Lipinski definition) is 2. The van der Waals surface area contributed by atoms with Crippen LogP contribution in [-0.4, -0.2) is 27.5 Å². The Balaban J connectivity index is 1.70. The zero-order chi connectivity index (χ0) is 18.6. The molecule has 7 nitrogen and oxygen atoms in total. The number of ether oxygens (including phenoxy) is 1. The quantitative estimate of drug-likeness (QED) is 0.677. The summed E-state index contributed by atoms with van der Waals surface area (Å²) in [5.41, 5.74) is 10.1. The second-order valence-corrected chi connectivity index (χ2v) is 6.40. The molecule has 0 fully saturated rings. The van der Waals surface area contributed by atoms with Crippen LogP contribution in [0.3, 0.4) is 0 Å². The van der Waals surface area contributed by atoms with Gasteiger partial charge in [-0.25, -0.2) is 4.98 Å². The highest BCUT2D eigenvalue weighted by atomic mass is 16.5. The first-order valence-electron chi connectivity index (χ1n) is 9.17. The number of nitrogens with one attached hydrogen (secondary N) is 2. The maximum Gasteiger partial charge on any atom is 0.289 e. The monoisotopic (exact) mass is 363 g/mol. The number of amides is 1. The summed E-state index contributed by atoms with van der Waals surface area (Å²) in [6.07, 6.45) is 8.59. The van der Waals surface area contributed by atoms with E-state index in [-0.39, 0.29) is 11.6 Å². The fraction of sp³-hybridized carbons (Fsp3) is 0.300. The molecule has 0 aliphatic heterocycles. The Hall–Kier alpha value is -3.22. The predicted molar refractivity (Wildman–Crippen MR) is 103 cm³/mol. The standard InChI is InChI=1S/C20H21N5O2/c1-2-27-13-7-8-15-17(11-13)23-16-6-4-3-5-14(16)19(15)24-25-20(26)18-12-21-9-10-22-18/h7-12H,2-6H2,1H3,(H,23,24)(H,25,26). The molecule has 0 saturated carbocycles. The van der Waals surface area contributed by atoms with Crippen LogP contribution in [0.15, 0.2) is 36.8 Å². The second-order valence-electron chi connectivity index (χ2n) is 6.40. The van der Waals surface area contributed by atoms with Gasteiger partial charge in [0.05, 0.1) is 24.0 Å². The van der Waals surface area contributed by atoms with Crippen LogP contribution < -0.4 is 15.6 Å². The van der Waals surface area contributed by atoms with E-state index in [1.807, 2.05) is 25.1 Å². The number of hydrogen-bond acceptors (Lipinski definition) is 6. The van der Waals surface area contributed by atoms with Gasteiger partial charge >= 0.3 is 0 Å². The van der Waals surface area contributed by atoms with Crippen LogP contribution in [0.1, 0.15) is 41.5 Å². The van der Waals surface area contributed by atoms with Gasteiger partial charge in [0, 0.05) is 29.5 Å². The number of carbonyl (C=O) groups is 1. The number of aromatic nitrogens is 3. The minimum atomic E-state index is -0.330. The zero-order valence-corrected chi connectivity index (χ0v) is 15.2. The second kappa shape index (κ2) is 7.57. The summed E-state index contributed by atoms with van der Waals surface area (Å²) in [6.45, 7) is 2.56. The van der Waals surface area contributed by atoms with Gasteiger partial charge in [-0.05, 0) is 50.3 Å². The number of nitrogens with zero attached hydrogens (tertiary/aromatic N) is 3. The van der Waals surface area contributed by atoms with Gasteiger partial charge in [0.25, 0.3) is 5.91 Å². The predicted octanol–water partition coefficient (Wildman–Crippen LogP) is 3.06. The summed E-state index contributed by atoms with van der Waals surface area (Å²) in [7, 11) is 0. The first-order valence-corrected chi connectivity index (χ1v) is 9.17. The van der Waals surface area contributed by atoms with Gasteiger partial charge in [-0.2, -0.15) is 0 Å². The fourth-order valence-corrected chi connectivity index (χ4v) is 3.40. The van der Waals surface area contributed by atoms with E-state index in [0.29, 0.717) is 6.61 Å². The lowest BCUT2D eigenvalue weighted by molar-refractivity contribution is 0.0957. The third-order valence-corrected chi connectivity index (χ3v) is 4.64. The molecule has 7 heteroatoms. The maximum absolute atomic E-state index is 12.3. The van der Waals surface area contributed by atoms with E-state index in [1.165, 1.54) is 18.6 Å². The normalized spacial score (nSPS) is 13.1. The smallest absolute Gasteiger partial charge is 0.289 e. The van der Waals surface area contributed by atoms with Crippen LogP contribution in [0.2, 0.25) is 0 Å². The van der Waals surface area contributed by atoms with Crippen molar-refractivity contribution in [1.82, 2.24) is 20.4 Å². The minimum Gasteiger partial charge on any atom is -0.494 e. The van der Waals surface area contributed by atoms with Gasteiger partial charge in [0.15, 0.2) is 0 Å². The molecule has 2 aromatic heterocycles. The average molecular weight is 363 g/mol. The number of pyridine rings is 1. The third-order valence-electron chi connectivity index (χ3n) is 4.64. The molecule has 0 unspecified atom stereocenters. The van der Waals surface area contributed by atoms with Gasteiger partial charge in [0.2, 0.25) is 0 Å². The number of aryl methyl sites for hydroxylation is 1. The molecule has 27 heavy (non-hydrogen) atoms. The lowest BCUT2D eigenvalue weighted by Gasteiger charge is -2.22. The lowest BCUT2D eigenvalue weighted by atomic mass is 9.93. The van der Waals surface area contributed by atoms with E-state index in [0.717, 1.165) is 59.3 Å². The Morgan fingerprint density at radius 1 is 1.22 bits per heavy atom. The molecule has 138 valence electrons. The van der Waals surface area contributed by atoms with Crippen LogP contribution in [0, 0.1) is 0 Å². The summed E-state index contributed by atoms with van der Waals surface area (Å²) < 4.78 is 5.61. The molecular weight excluding hydrogens is 342 g/mol. The summed E-state index contributed by atoms with van der Waals surface area (Å²) in [6, 6.07) is 5.86. The number of fused-ring (bicyclic) bond motifs is 2. The van der Waals surface area contributed by atoms with Crippen molar-refractivity contribution < 1.29 is 9.53 Å². The van der Waals surface area contributed by atoms with E-state index >= 15 is 0 Å². The molecule has 0 saturated heterocycles. The van der Waals surface area contributed by atoms with E-state index < -0.39 is 0 Å². The van der Waals surface area contributed by atoms with Crippen molar-refractivity contribution in [2.45, 2.75) is 32.6 Å². The number of benzene rings is 1. The van der Waals surface area contributed by atoms with Crippen molar-refractivity contribution >= 4 is 22.5 Å². The van der Waals surface area contributed by atoms with Gasteiger partial charge in [-0.1, -0.05) is 0 Å². The maximum atomic E-state index is 12.3. The van der Waals surface area contributed by atoms with Crippen LogP contribution >= 0.6 is 0 Å². The fourth-order valence-electron chi connectivity index (χ4n) is 3.40. The topological polar surface area (TPSA) is 89.0 Å². The largest absolute Gasteiger partial charge is 0.494 e. The molecule has 2 heterocycles. The molecule has 1 aromatic carbocycles. The minimum absolute atomic E-state index is 0.260. The van der Waals surface area contributed by atoms with E-state index in [4.69, 9.17) is 9.72 Å². The molecule has 1 aliphatic rings. The first-order chi connectivity index (χ1) is 13.3. The summed E-state index contributed by atoms with van der Waals surface area (Å²) in [4.78, 5) is 25.2.